The van der Waals surface area contributed by atoms with Crippen LogP contribution in [-0.4, -0.2) is 42.1 Å². The average Bonchev–Trinajstić information content (AvgIpc) is 3.25. The summed E-state index contributed by atoms with van der Waals surface area (Å²) < 4.78 is 19.0. The molecule has 1 aromatic heterocycles. The molecule has 2 aromatic rings. The molecular formula is C23H27FN4O3. The van der Waals surface area contributed by atoms with Gasteiger partial charge in [0.05, 0.1) is 31.1 Å². The number of rotatable bonds is 8. The van der Waals surface area contributed by atoms with Crippen LogP contribution in [-0.2, 0) is 9.53 Å². The number of hydrogen-bond donors (Lipinski definition) is 3. The van der Waals surface area contributed by atoms with Crippen molar-refractivity contribution >= 4 is 23.2 Å². The molecule has 1 aromatic carbocycles. The van der Waals surface area contributed by atoms with Crippen molar-refractivity contribution < 1.29 is 18.7 Å². The highest BCUT2D eigenvalue weighted by atomic mass is 19.1. The van der Waals surface area contributed by atoms with Crippen LogP contribution in [0.4, 0.5) is 15.8 Å². The fourth-order valence-electron chi connectivity index (χ4n) is 4.04. The zero-order valence-electron chi connectivity index (χ0n) is 17.3. The number of benzene rings is 1. The number of nitrogens with zero attached hydrogens (tertiary/aromatic N) is 1. The van der Waals surface area contributed by atoms with Crippen molar-refractivity contribution in [3.8, 4) is 0 Å². The Hall–Kier alpha value is -3.00. The van der Waals surface area contributed by atoms with Gasteiger partial charge in [-0.3, -0.25) is 14.6 Å². The first-order valence-electron chi connectivity index (χ1n) is 10.7. The third-order valence-electron chi connectivity index (χ3n) is 5.83. The second-order valence-corrected chi connectivity index (χ2v) is 8.22. The number of carbonyl (C=O) groups excluding carboxylic acids is 2. The van der Waals surface area contributed by atoms with Crippen LogP contribution >= 0.6 is 0 Å². The zero-order valence-corrected chi connectivity index (χ0v) is 17.3. The number of hydrogen-bond acceptors (Lipinski definition) is 5. The molecule has 2 aliphatic rings. The third kappa shape index (κ3) is 5.58. The number of pyridine rings is 1. The standard InChI is InChI=1S/C23H27FN4O3/c24-19-12-25-9-8-20(19)26-17-7-3-6-16(11-17)22(29)28-21(10-15-4-1-2-5-15)23(30)27-18-13-31-14-18/h3,6-9,11-12,15,18,21H,1-2,4-5,10,13-14H2,(H,25,26)(H,27,30)(H,28,29). The van der Waals surface area contributed by atoms with E-state index in [0.29, 0.717) is 36.8 Å². The van der Waals surface area contributed by atoms with E-state index in [4.69, 9.17) is 4.74 Å². The summed E-state index contributed by atoms with van der Waals surface area (Å²) in [5.74, 6) is -0.537. The lowest BCUT2D eigenvalue weighted by atomic mass is 9.97. The largest absolute Gasteiger partial charge is 0.377 e. The van der Waals surface area contributed by atoms with Crippen molar-refractivity contribution in [3.63, 3.8) is 0 Å². The average molecular weight is 426 g/mol. The van der Waals surface area contributed by atoms with Gasteiger partial charge in [0.25, 0.3) is 5.91 Å². The van der Waals surface area contributed by atoms with Crippen LogP contribution in [0.1, 0.15) is 42.5 Å². The maximum absolute atomic E-state index is 13.9. The number of nitrogens with one attached hydrogen (secondary N) is 3. The molecule has 31 heavy (non-hydrogen) atoms. The molecule has 2 fully saturated rings. The van der Waals surface area contributed by atoms with Gasteiger partial charge < -0.3 is 20.7 Å². The Bertz CT molecular complexity index is 929. The van der Waals surface area contributed by atoms with E-state index in [9.17, 15) is 14.0 Å². The normalized spacial score (nSPS) is 17.6. The fourth-order valence-corrected chi connectivity index (χ4v) is 4.04. The van der Waals surface area contributed by atoms with Crippen LogP contribution in [0.5, 0.6) is 0 Å². The second-order valence-electron chi connectivity index (χ2n) is 8.22. The number of carbonyl (C=O) groups is 2. The van der Waals surface area contributed by atoms with Crippen LogP contribution in [0.3, 0.4) is 0 Å². The van der Waals surface area contributed by atoms with E-state index in [1.807, 2.05) is 0 Å². The van der Waals surface area contributed by atoms with Gasteiger partial charge in [0, 0.05) is 17.4 Å². The quantitative estimate of drug-likeness (QED) is 0.603. The van der Waals surface area contributed by atoms with Crippen molar-refractivity contribution in [3.05, 3.63) is 54.1 Å². The molecule has 8 heteroatoms. The van der Waals surface area contributed by atoms with Gasteiger partial charge in [0.2, 0.25) is 5.91 Å². The van der Waals surface area contributed by atoms with E-state index in [0.717, 1.165) is 19.0 Å². The van der Waals surface area contributed by atoms with E-state index in [-0.39, 0.29) is 23.5 Å². The van der Waals surface area contributed by atoms with Crippen LogP contribution in [0, 0.1) is 11.7 Å². The number of aromatic nitrogens is 1. The Kier molecular flexibility index (Phi) is 6.76. The van der Waals surface area contributed by atoms with E-state index >= 15 is 0 Å². The lowest BCUT2D eigenvalue weighted by molar-refractivity contribution is -0.127. The minimum absolute atomic E-state index is 0.0123. The van der Waals surface area contributed by atoms with Gasteiger partial charge in [-0.15, -0.1) is 0 Å². The number of amides is 2. The molecule has 0 spiro atoms. The molecule has 1 saturated carbocycles. The Morgan fingerprint density at radius 3 is 2.71 bits per heavy atom. The van der Waals surface area contributed by atoms with Crippen LogP contribution in [0.25, 0.3) is 0 Å². The van der Waals surface area contributed by atoms with E-state index in [2.05, 4.69) is 20.9 Å². The third-order valence-corrected chi connectivity index (χ3v) is 5.83. The molecule has 1 atom stereocenters. The highest BCUT2D eigenvalue weighted by Gasteiger charge is 2.30. The summed E-state index contributed by atoms with van der Waals surface area (Å²) >= 11 is 0. The zero-order chi connectivity index (χ0) is 21.6. The summed E-state index contributed by atoms with van der Waals surface area (Å²) in [5.41, 5.74) is 1.24. The molecule has 1 saturated heterocycles. The number of anilines is 2. The topological polar surface area (TPSA) is 92.4 Å². The molecule has 2 heterocycles. The Morgan fingerprint density at radius 1 is 1.19 bits per heavy atom. The van der Waals surface area contributed by atoms with Crippen LogP contribution in [0.15, 0.2) is 42.7 Å². The summed E-state index contributed by atoms with van der Waals surface area (Å²) in [6, 6.07) is 7.72. The fraction of sp³-hybridized carbons (Fsp3) is 0.435. The van der Waals surface area contributed by atoms with Crippen LogP contribution < -0.4 is 16.0 Å². The first kappa shape index (κ1) is 21.2. The molecule has 7 nitrogen and oxygen atoms in total. The molecule has 1 aliphatic heterocycles. The van der Waals surface area contributed by atoms with Gasteiger partial charge in [-0.25, -0.2) is 4.39 Å². The van der Waals surface area contributed by atoms with E-state index in [1.54, 1.807) is 24.3 Å². The molecule has 1 aliphatic carbocycles. The predicted octanol–water partition coefficient (Wildman–Crippen LogP) is 3.16. The number of halogens is 1. The summed E-state index contributed by atoms with van der Waals surface area (Å²) in [7, 11) is 0. The Balaban J connectivity index is 1.44. The van der Waals surface area contributed by atoms with E-state index < -0.39 is 11.9 Å². The summed E-state index contributed by atoms with van der Waals surface area (Å²) in [5, 5.41) is 8.83. The molecular weight excluding hydrogens is 399 g/mol. The van der Waals surface area contributed by atoms with Gasteiger partial charge >= 0.3 is 0 Å². The molecule has 3 N–H and O–H groups in total. The second kappa shape index (κ2) is 9.87. The minimum Gasteiger partial charge on any atom is -0.377 e. The Morgan fingerprint density at radius 2 is 2.00 bits per heavy atom. The summed E-state index contributed by atoms with van der Waals surface area (Å²) in [4.78, 5) is 29.5. The molecule has 0 bridgehead atoms. The maximum atomic E-state index is 13.9. The lowest BCUT2D eigenvalue weighted by Crippen LogP contribution is -2.55. The molecule has 1 unspecified atom stereocenters. The summed E-state index contributed by atoms with van der Waals surface area (Å²) in [6.45, 7) is 1.02. The minimum atomic E-state index is -0.592. The van der Waals surface area contributed by atoms with Crippen LogP contribution in [0.2, 0.25) is 0 Å². The molecule has 164 valence electrons. The first-order chi connectivity index (χ1) is 15.1. The van der Waals surface area contributed by atoms with Crippen molar-refractivity contribution in [2.45, 2.75) is 44.2 Å². The molecule has 0 radical (unpaired) electrons. The first-order valence-corrected chi connectivity index (χ1v) is 10.7. The van der Waals surface area contributed by atoms with Gasteiger partial charge in [0.15, 0.2) is 5.82 Å². The van der Waals surface area contributed by atoms with Gasteiger partial charge in [-0.2, -0.15) is 0 Å². The van der Waals surface area contributed by atoms with Crippen molar-refractivity contribution in [2.24, 2.45) is 5.92 Å². The molecule has 2 amide bonds. The van der Waals surface area contributed by atoms with Gasteiger partial charge in [0.1, 0.15) is 6.04 Å². The van der Waals surface area contributed by atoms with Crippen molar-refractivity contribution in [1.82, 2.24) is 15.6 Å². The highest BCUT2D eigenvalue weighted by molar-refractivity contribution is 5.98. The van der Waals surface area contributed by atoms with Gasteiger partial charge in [-0.1, -0.05) is 31.7 Å². The van der Waals surface area contributed by atoms with Crippen molar-refractivity contribution in [1.29, 1.82) is 0 Å². The molecule has 4 rings (SSSR count). The SMILES string of the molecule is O=C(NC(CC1CCCC1)C(=O)NC1COC1)c1cccc(Nc2ccncc2F)c1. The maximum Gasteiger partial charge on any atom is 0.252 e. The lowest BCUT2D eigenvalue weighted by Gasteiger charge is -2.29. The summed E-state index contributed by atoms with van der Waals surface area (Å²) in [6.07, 6.45) is 7.75. The highest BCUT2D eigenvalue weighted by Crippen LogP contribution is 2.29. The smallest absolute Gasteiger partial charge is 0.252 e. The van der Waals surface area contributed by atoms with E-state index in [1.165, 1.54) is 25.1 Å². The predicted molar refractivity (Wildman–Crippen MR) is 114 cm³/mol. The van der Waals surface area contributed by atoms with Gasteiger partial charge in [-0.05, 0) is 36.6 Å². The number of ether oxygens (including phenoxy) is 1. The van der Waals surface area contributed by atoms with Crippen molar-refractivity contribution in [2.75, 3.05) is 18.5 Å². The Labute approximate surface area is 180 Å². The monoisotopic (exact) mass is 426 g/mol.